The summed E-state index contributed by atoms with van der Waals surface area (Å²) in [5, 5.41) is 23.1. The van der Waals surface area contributed by atoms with E-state index >= 15 is 0 Å². The van der Waals surface area contributed by atoms with Crippen LogP contribution in [-0.4, -0.2) is 36.6 Å². The normalized spacial score (nSPS) is 11.2. The van der Waals surface area contributed by atoms with E-state index in [-0.39, 0.29) is 17.5 Å². The lowest BCUT2D eigenvalue weighted by atomic mass is 10.0. The van der Waals surface area contributed by atoms with Crippen LogP contribution in [0, 0.1) is 5.82 Å². The predicted octanol–water partition coefficient (Wildman–Crippen LogP) is 5.57. The quantitative estimate of drug-likeness (QED) is 0.195. The van der Waals surface area contributed by atoms with Gasteiger partial charge in [0.25, 0.3) is 0 Å². The molecule has 3 aromatic carbocycles. The van der Waals surface area contributed by atoms with E-state index in [9.17, 15) is 9.18 Å². The second-order valence-electron chi connectivity index (χ2n) is 7.90. The highest BCUT2D eigenvalue weighted by molar-refractivity contribution is 8.00. The molecule has 0 fully saturated rings. The Morgan fingerprint density at radius 1 is 0.972 bits per heavy atom. The maximum atomic E-state index is 13.0. The number of hydrogen-bond acceptors (Lipinski definition) is 8. The third-order valence-corrected chi connectivity index (χ3v) is 8.48. The smallest absolute Gasteiger partial charge is 0.236 e. The van der Waals surface area contributed by atoms with E-state index in [4.69, 9.17) is 0 Å². The number of carbonyl (C=O) groups is 1. The molecular formula is C25H21FN6OS3. The first kappa shape index (κ1) is 24.4. The average Bonchev–Trinajstić information content (AvgIpc) is 3.48. The highest BCUT2D eigenvalue weighted by Gasteiger charge is 2.14. The van der Waals surface area contributed by atoms with Crippen molar-refractivity contribution >= 4 is 56.7 Å². The fraction of sp³-hybridized carbons (Fsp3) is 0.160. The summed E-state index contributed by atoms with van der Waals surface area (Å²) < 4.78 is 15.7. The number of fused-ring (bicyclic) bond motifs is 1. The topological polar surface area (TPSA) is 85.6 Å². The minimum atomic E-state index is -0.259. The lowest BCUT2D eigenvalue weighted by molar-refractivity contribution is -0.113. The van der Waals surface area contributed by atoms with E-state index in [1.807, 2.05) is 29.8 Å². The van der Waals surface area contributed by atoms with Crippen LogP contribution in [0.4, 0.5) is 9.52 Å². The molecule has 0 saturated heterocycles. The number of carbonyl (C=O) groups excluding carboxylic acids is 1. The van der Waals surface area contributed by atoms with E-state index in [0.717, 1.165) is 15.7 Å². The first-order valence-corrected chi connectivity index (χ1v) is 13.8. The van der Waals surface area contributed by atoms with Crippen molar-refractivity contribution < 1.29 is 9.18 Å². The second kappa shape index (κ2) is 11.2. The van der Waals surface area contributed by atoms with Gasteiger partial charge in [-0.3, -0.25) is 10.1 Å². The van der Waals surface area contributed by atoms with Crippen LogP contribution in [0.3, 0.4) is 0 Å². The fourth-order valence-electron chi connectivity index (χ4n) is 3.57. The monoisotopic (exact) mass is 536 g/mol. The first-order chi connectivity index (χ1) is 17.5. The Kier molecular flexibility index (Phi) is 7.59. The third kappa shape index (κ3) is 5.92. The molecule has 2 heterocycles. The molecule has 182 valence electrons. The molecule has 2 aromatic heterocycles. The Morgan fingerprint density at radius 3 is 2.64 bits per heavy atom. The van der Waals surface area contributed by atoms with Crippen LogP contribution in [0.1, 0.15) is 17.0 Å². The summed E-state index contributed by atoms with van der Waals surface area (Å²) in [6.45, 7) is 0. The molecule has 0 saturated carbocycles. The Labute approximate surface area is 219 Å². The van der Waals surface area contributed by atoms with Crippen molar-refractivity contribution in [3.63, 3.8) is 0 Å². The number of halogens is 1. The van der Waals surface area contributed by atoms with Crippen LogP contribution < -0.4 is 5.32 Å². The molecule has 0 aliphatic rings. The van der Waals surface area contributed by atoms with Crippen molar-refractivity contribution in [3.05, 3.63) is 89.5 Å². The zero-order valence-corrected chi connectivity index (χ0v) is 21.7. The van der Waals surface area contributed by atoms with Gasteiger partial charge in [0.1, 0.15) is 11.6 Å². The van der Waals surface area contributed by atoms with Gasteiger partial charge in [-0.05, 0) is 34.0 Å². The zero-order valence-electron chi connectivity index (χ0n) is 19.2. The second-order valence-corrected chi connectivity index (χ2v) is 11.0. The van der Waals surface area contributed by atoms with Crippen LogP contribution >= 0.6 is 34.9 Å². The highest BCUT2D eigenvalue weighted by atomic mass is 32.2. The first-order valence-electron chi connectivity index (χ1n) is 11.0. The molecule has 0 aliphatic carbocycles. The predicted molar refractivity (Wildman–Crippen MR) is 143 cm³/mol. The van der Waals surface area contributed by atoms with Gasteiger partial charge in [0.2, 0.25) is 11.0 Å². The Morgan fingerprint density at radius 2 is 1.78 bits per heavy atom. The van der Waals surface area contributed by atoms with Crippen LogP contribution in [0.2, 0.25) is 0 Å². The maximum absolute atomic E-state index is 13.0. The summed E-state index contributed by atoms with van der Waals surface area (Å²) in [6.07, 6.45) is 0.654. The summed E-state index contributed by atoms with van der Waals surface area (Å²) in [4.78, 5) is 12.5. The molecule has 36 heavy (non-hydrogen) atoms. The van der Waals surface area contributed by atoms with Crippen molar-refractivity contribution in [2.45, 2.75) is 21.7 Å². The summed E-state index contributed by atoms with van der Waals surface area (Å²) >= 11 is 4.12. The highest BCUT2D eigenvalue weighted by Crippen LogP contribution is 2.29. The molecule has 0 atom stereocenters. The SMILES string of the molecule is Cn1c(Cc2cccc3ccccc23)nnc1SCC(=O)Nc1nnc(SCc2ccc(F)cc2)s1. The molecule has 0 radical (unpaired) electrons. The van der Waals surface area contributed by atoms with Gasteiger partial charge in [0.05, 0.1) is 5.75 Å². The minimum absolute atomic E-state index is 0.178. The van der Waals surface area contributed by atoms with E-state index < -0.39 is 0 Å². The summed E-state index contributed by atoms with van der Waals surface area (Å²) in [5.41, 5.74) is 2.17. The number of rotatable bonds is 9. The minimum Gasteiger partial charge on any atom is -0.309 e. The Hall–Kier alpha value is -3.28. The number of anilines is 1. The zero-order chi connectivity index (χ0) is 24.9. The van der Waals surface area contributed by atoms with Gasteiger partial charge in [-0.15, -0.1) is 20.4 Å². The lowest BCUT2D eigenvalue weighted by Crippen LogP contribution is -2.14. The fourth-order valence-corrected chi connectivity index (χ4v) is 6.03. The molecule has 0 unspecified atom stereocenters. The van der Waals surface area contributed by atoms with Crippen molar-refractivity contribution in [1.29, 1.82) is 0 Å². The van der Waals surface area contributed by atoms with Crippen molar-refractivity contribution in [3.8, 4) is 0 Å². The maximum Gasteiger partial charge on any atom is 0.236 e. The molecule has 7 nitrogen and oxygen atoms in total. The standard InChI is InChI=1S/C25H21FN6OS3/c1-32-21(13-18-7-4-6-17-5-2-3-8-20(17)18)28-30-24(32)34-15-22(33)27-23-29-31-25(36-23)35-14-16-9-11-19(26)12-10-16/h2-12H,13-15H2,1H3,(H,27,29,33). The van der Waals surface area contributed by atoms with Gasteiger partial charge in [-0.25, -0.2) is 4.39 Å². The number of nitrogens with zero attached hydrogens (tertiary/aromatic N) is 5. The van der Waals surface area contributed by atoms with Gasteiger partial charge in [-0.2, -0.15) is 0 Å². The Balaban J connectivity index is 1.14. The third-order valence-electron chi connectivity index (χ3n) is 5.41. The molecule has 0 aliphatic heterocycles. The summed E-state index contributed by atoms with van der Waals surface area (Å²) in [6, 6.07) is 20.9. The van der Waals surface area contributed by atoms with Crippen molar-refractivity contribution in [2.75, 3.05) is 11.1 Å². The lowest BCUT2D eigenvalue weighted by Gasteiger charge is -2.07. The summed E-state index contributed by atoms with van der Waals surface area (Å²) in [7, 11) is 1.91. The molecule has 5 rings (SSSR count). The van der Waals surface area contributed by atoms with E-state index in [1.165, 1.54) is 63.3 Å². The van der Waals surface area contributed by atoms with Crippen LogP contribution in [-0.2, 0) is 24.0 Å². The van der Waals surface area contributed by atoms with E-state index in [1.54, 1.807) is 12.1 Å². The van der Waals surface area contributed by atoms with E-state index in [0.29, 0.717) is 22.5 Å². The van der Waals surface area contributed by atoms with Crippen molar-refractivity contribution in [1.82, 2.24) is 25.0 Å². The average molecular weight is 537 g/mol. The van der Waals surface area contributed by atoms with Gasteiger partial charge >= 0.3 is 0 Å². The van der Waals surface area contributed by atoms with Gasteiger partial charge in [-0.1, -0.05) is 89.5 Å². The number of nitrogens with one attached hydrogen (secondary N) is 1. The molecule has 0 spiro atoms. The molecule has 11 heteroatoms. The van der Waals surface area contributed by atoms with Gasteiger partial charge in [0.15, 0.2) is 9.50 Å². The van der Waals surface area contributed by atoms with Crippen molar-refractivity contribution in [2.24, 2.45) is 7.05 Å². The molecule has 1 N–H and O–H groups in total. The molecule has 1 amide bonds. The molecular weight excluding hydrogens is 516 g/mol. The van der Waals surface area contributed by atoms with Gasteiger partial charge < -0.3 is 4.57 Å². The number of aromatic nitrogens is 5. The van der Waals surface area contributed by atoms with Crippen LogP contribution in [0.25, 0.3) is 10.8 Å². The number of amides is 1. The Bertz CT molecular complexity index is 1500. The molecule has 0 bridgehead atoms. The summed E-state index contributed by atoms with van der Waals surface area (Å²) in [5.74, 6) is 1.21. The number of hydrogen-bond donors (Lipinski definition) is 1. The number of benzene rings is 3. The van der Waals surface area contributed by atoms with Gasteiger partial charge in [0, 0.05) is 19.2 Å². The van der Waals surface area contributed by atoms with Crippen LogP contribution in [0.15, 0.2) is 76.2 Å². The molecule has 5 aromatic rings. The van der Waals surface area contributed by atoms with Crippen LogP contribution in [0.5, 0.6) is 0 Å². The van der Waals surface area contributed by atoms with E-state index in [2.05, 4.69) is 50.0 Å². The number of thioether (sulfide) groups is 2. The largest absolute Gasteiger partial charge is 0.309 e.